The average Bonchev–Trinajstić information content (AvgIpc) is 3.29. The van der Waals surface area contributed by atoms with Gasteiger partial charge < -0.3 is 5.32 Å². The fraction of sp³-hybridized carbons (Fsp3) is 0.533. The second kappa shape index (κ2) is 5.33. The van der Waals surface area contributed by atoms with Crippen LogP contribution >= 0.6 is 0 Å². The number of benzene rings is 1. The van der Waals surface area contributed by atoms with E-state index >= 15 is 0 Å². The van der Waals surface area contributed by atoms with Crippen molar-refractivity contribution >= 4 is 21.6 Å². The Hall–Kier alpha value is -1.56. The summed E-state index contributed by atoms with van der Waals surface area (Å²) in [5, 5.41) is 2.96. The molecule has 1 aliphatic heterocycles. The Balaban J connectivity index is 1.89. The molecule has 2 aliphatic rings. The highest BCUT2D eigenvalue weighted by Crippen LogP contribution is 2.30. The molecule has 1 amide bonds. The van der Waals surface area contributed by atoms with E-state index in [0.717, 1.165) is 36.9 Å². The molecule has 21 heavy (non-hydrogen) atoms. The lowest BCUT2D eigenvalue weighted by molar-refractivity contribution is 0.0951. The maximum atomic E-state index is 12.1. The molecule has 0 aromatic heterocycles. The number of nitrogens with one attached hydrogen (secondary N) is 1. The molecule has 5 nitrogen and oxygen atoms in total. The number of hydrogen-bond donors (Lipinski definition) is 1. The molecule has 114 valence electrons. The number of carbonyl (C=O) groups is 1. The van der Waals surface area contributed by atoms with Crippen molar-refractivity contribution in [2.75, 3.05) is 16.6 Å². The van der Waals surface area contributed by atoms with Crippen LogP contribution < -0.4 is 9.62 Å². The number of nitrogens with zero attached hydrogens (tertiary/aromatic N) is 1. The van der Waals surface area contributed by atoms with Crippen LogP contribution in [0.2, 0.25) is 0 Å². The van der Waals surface area contributed by atoms with Crippen molar-refractivity contribution in [1.29, 1.82) is 0 Å². The molecule has 0 unspecified atom stereocenters. The van der Waals surface area contributed by atoms with Crippen molar-refractivity contribution in [3.63, 3.8) is 0 Å². The van der Waals surface area contributed by atoms with Gasteiger partial charge in [-0.05, 0) is 56.4 Å². The molecule has 3 rings (SSSR count). The topological polar surface area (TPSA) is 66.5 Å². The van der Waals surface area contributed by atoms with Crippen LogP contribution in [0, 0.1) is 0 Å². The van der Waals surface area contributed by atoms with Crippen LogP contribution in [0.1, 0.15) is 42.1 Å². The molecule has 6 heteroatoms. The second-order valence-electron chi connectivity index (χ2n) is 5.67. The number of aryl methyl sites for hydroxylation is 1. The van der Waals surface area contributed by atoms with Crippen LogP contribution in [-0.2, 0) is 16.4 Å². The summed E-state index contributed by atoms with van der Waals surface area (Å²) in [6.07, 6.45) is 3.72. The highest BCUT2D eigenvalue weighted by Gasteiger charge is 2.28. The third-order valence-corrected chi connectivity index (χ3v) is 5.81. The SMILES string of the molecule is CCS(=O)(=O)N1CCCc2cc(C(=O)NC3CC3)ccc21. The van der Waals surface area contributed by atoms with Gasteiger partial charge in [-0.25, -0.2) is 8.42 Å². The third-order valence-electron chi connectivity index (χ3n) is 4.03. The van der Waals surface area contributed by atoms with E-state index in [0.29, 0.717) is 18.2 Å². The first-order chi connectivity index (χ1) is 10.0. The number of fused-ring (bicyclic) bond motifs is 1. The average molecular weight is 308 g/mol. The van der Waals surface area contributed by atoms with E-state index in [-0.39, 0.29) is 11.7 Å². The minimum atomic E-state index is -3.24. The van der Waals surface area contributed by atoms with E-state index in [1.165, 1.54) is 4.31 Å². The molecule has 0 saturated heterocycles. The summed E-state index contributed by atoms with van der Waals surface area (Å²) in [6, 6.07) is 5.65. The van der Waals surface area contributed by atoms with Gasteiger partial charge in [-0.2, -0.15) is 0 Å². The first-order valence-electron chi connectivity index (χ1n) is 7.45. The van der Waals surface area contributed by atoms with Gasteiger partial charge in [0.05, 0.1) is 11.4 Å². The highest BCUT2D eigenvalue weighted by molar-refractivity contribution is 7.92. The minimum Gasteiger partial charge on any atom is -0.349 e. The molecule has 1 fully saturated rings. The van der Waals surface area contributed by atoms with Crippen molar-refractivity contribution < 1.29 is 13.2 Å². The Morgan fingerprint density at radius 1 is 1.38 bits per heavy atom. The molecular formula is C15H20N2O3S. The summed E-state index contributed by atoms with van der Waals surface area (Å²) in [6.45, 7) is 2.18. The summed E-state index contributed by atoms with van der Waals surface area (Å²) in [4.78, 5) is 12.1. The Bertz CT molecular complexity index is 665. The molecule has 1 saturated carbocycles. The molecular weight excluding hydrogens is 288 g/mol. The van der Waals surface area contributed by atoms with E-state index in [4.69, 9.17) is 0 Å². The lowest BCUT2D eigenvalue weighted by atomic mass is 10.0. The monoisotopic (exact) mass is 308 g/mol. The molecule has 0 spiro atoms. The summed E-state index contributed by atoms with van der Waals surface area (Å²) < 4.78 is 25.8. The quantitative estimate of drug-likeness (QED) is 0.920. The Morgan fingerprint density at radius 2 is 2.14 bits per heavy atom. The first-order valence-corrected chi connectivity index (χ1v) is 9.06. The van der Waals surface area contributed by atoms with Crippen molar-refractivity contribution in [2.24, 2.45) is 0 Å². The van der Waals surface area contributed by atoms with Gasteiger partial charge in [0.1, 0.15) is 0 Å². The van der Waals surface area contributed by atoms with E-state index in [9.17, 15) is 13.2 Å². The molecule has 0 bridgehead atoms. The zero-order valence-electron chi connectivity index (χ0n) is 12.1. The fourth-order valence-corrected chi connectivity index (χ4v) is 3.84. The van der Waals surface area contributed by atoms with Gasteiger partial charge in [0, 0.05) is 18.2 Å². The van der Waals surface area contributed by atoms with E-state index in [1.807, 2.05) is 6.07 Å². The Labute approximate surface area is 125 Å². The summed E-state index contributed by atoms with van der Waals surface area (Å²) in [5.41, 5.74) is 2.30. The van der Waals surface area contributed by atoms with Crippen LogP contribution in [0.15, 0.2) is 18.2 Å². The molecule has 0 radical (unpaired) electrons. The lowest BCUT2D eigenvalue weighted by Gasteiger charge is -2.30. The van der Waals surface area contributed by atoms with Crippen LogP contribution in [0.25, 0.3) is 0 Å². The van der Waals surface area contributed by atoms with E-state index in [2.05, 4.69) is 5.32 Å². The number of carbonyl (C=O) groups excluding carboxylic acids is 1. The van der Waals surface area contributed by atoms with Gasteiger partial charge in [0.15, 0.2) is 0 Å². The minimum absolute atomic E-state index is 0.0595. The fourth-order valence-electron chi connectivity index (χ4n) is 2.65. The highest BCUT2D eigenvalue weighted by atomic mass is 32.2. The smallest absolute Gasteiger partial charge is 0.251 e. The molecule has 1 N–H and O–H groups in total. The maximum absolute atomic E-state index is 12.1. The number of rotatable bonds is 4. The van der Waals surface area contributed by atoms with E-state index in [1.54, 1.807) is 19.1 Å². The van der Waals surface area contributed by atoms with Crippen LogP contribution in [0.3, 0.4) is 0 Å². The predicted octanol–water partition coefficient (Wildman–Crippen LogP) is 1.68. The summed E-state index contributed by atoms with van der Waals surface area (Å²) in [7, 11) is -3.24. The van der Waals surface area contributed by atoms with Crippen molar-refractivity contribution in [3.05, 3.63) is 29.3 Å². The van der Waals surface area contributed by atoms with Crippen LogP contribution in [0.5, 0.6) is 0 Å². The van der Waals surface area contributed by atoms with Crippen molar-refractivity contribution in [3.8, 4) is 0 Å². The molecule has 0 atom stereocenters. The Morgan fingerprint density at radius 3 is 2.81 bits per heavy atom. The van der Waals surface area contributed by atoms with Crippen LogP contribution in [-0.4, -0.2) is 32.7 Å². The van der Waals surface area contributed by atoms with Crippen LogP contribution in [0.4, 0.5) is 5.69 Å². The summed E-state index contributed by atoms with van der Waals surface area (Å²) in [5.74, 6) is 0.0341. The maximum Gasteiger partial charge on any atom is 0.251 e. The largest absolute Gasteiger partial charge is 0.349 e. The molecule has 1 aromatic rings. The van der Waals surface area contributed by atoms with Gasteiger partial charge >= 0.3 is 0 Å². The van der Waals surface area contributed by atoms with Gasteiger partial charge in [-0.15, -0.1) is 0 Å². The number of amides is 1. The lowest BCUT2D eigenvalue weighted by Crippen LogP contribution is -2.36. The molecule has 1 aromatic carbocycles. The Kier molecular flexibility index (Phi) is 3.65. The van der Waals surface area contributed by atoms with Crippen molar-refractivity contribution in [2.45, 2.75) is 38.6 Å². The number of sulfonamides is 1. The first kappa shape index (κ1) is 14.4. The summed E-state index contributed by atoms with van der Waals surface area (Å²) >= 11 is 0. The van der Waals surface area contributed by atoms with Gasteiger partial charge in [0.25, 0.3) is 5.91 Å². The number of hydrogen-bond acceptors (Lipinski definition) is 3. The molecule has 1 heterocycles. The standard InChI is InChI=1S/C15H20N2O3S/c1-2-21(19,20)17-9-3-4-11-10-12(5-8-14(11)17)15(18)16-13-6-7-13/h5,8,10,13H,2-4,6-7,9H2,1H3,(H,16,18). The zero-order chi connectivity index (χ0) is 15.0. The van der Waals surface area contributed by atoms with Gasteiger partial charge in [-0.3, -0.25) is 9.10 Å². The third kappa shape index (κ3) is 2.90. The van der Waals surface area contributed by atoms with E-state index < -0.39 is 10.0 Å². The zero-order valence-corrected chi connectivity index (χ0v) is 12.9. The van der Waals surface area contributed by atoms with Gasteiger partial charge in [-0.1, -0.05) is 0 Å². The number of anilines is 1. The molecule has 1 aliphatic carbocycles. The predicted molar refractivity (Wildman–Crippen MR) is 82.1 cm³/mol. The van der Waals surface area contributed by atoms with Gasteiger partial charge in [0.2, 0.25) is 10.0 Å². The second-order valence-corrected chi connectivity index (χ2v) is 7.85. The normalized spacial score (nSPS) is 18.2. The van der Waals surface area contributed by atoms with Crippen molar-refractivity contribution in [1.82, 2.24) is 5.32 Å².